The number of fused-ring (bicyclic) bond motifs is 1. The molecule has 0 radical (unpaired) electrons. The molecule has 0 amide bonds. The molecule has 1 aromatic carbocycles. The van der Waals surface area contributed by atoms with Crippen LogP contribution in [0.15, 0.2) is 61.1 Å². The Balaban J connectivity index is 1.25. The maximum atomic E-state index is 6.03. The van der Waals surface area contributed by atoms with E-state index in [-0.39, 0.29) is 0 Å². The molecule has 0 aliphatic carbocycles. The van der Waals surface area contributed by atoms with E-state index < -0.39 is 0 Å². The second-order valence-corrected chi connectivity index (χ2v) is 7.50. The molecule has 162 valence electrons. The molecule has 0 unspecified atom stereocenters. The number of hydrogen-bond acceptors (Lipinski definition) is 9. The van der Waals surface area contributed by atoms with E-state index in [1.807, 2.05) is 42.6 Å². The highest BCUT2D eigenvalue weighted by atomic mass is 16.5. The van der Waals surface area contributed by atoms with Crippen molar-refractivity contribution in [3.63, 3.8) is 0 Å². The first-order valence-electron chi connectivity index (χ1n) is 10.5. The van der Waals surface area contributed by atoms with Gasteiger partial charge in [-0.1, -0.05) is 12.1 Å². The van der Waals surface area contributed by atoms with E-state index in [1.54, 1.807) is 12.4 Å². The lowest BCUT2D eigenvalue weighted by Gasteiger charge is -2.28. The van der Waals surface area contributed by atoms with Crippen LogP contribution in [0, 0.1) is 0 Å². The molecule has 1 saturated heterocycles. The summed E-state index contributed by atoms with van der Waals surface area (Å²) >= 11 is 0. The molecule has 4 aromatic rings. The quantitative estimate of drug-likeness (QED) is 0.426. The van der Waals surface area contributed by atoms with Gasteiger partial charge in [0.05, 0.1) is 36.8 Å². The fraction of sp³-hybridized carbons (Fsp3) is 0.217. The van der Waals surface area contributed by atoms with E-state index in [0.29, 0.717) is 29.8 Å². The molecular weight excluding hydrogens is 404 g/mol. The summed E-state index contributed by atoms with van der Waals surface area (Å²) in [4.78, 5) is 19.9. The summed E-state index contributed by atoms with van der Waals surface area (Å²) in [6.07, 6.45) is 5.24. The third-order valence-electron chi connectivity index (χ3n) is 5.31. The summed E-state index contributed by atoms with van der Waals surface area (Å²) in [7, 11) is 0. The van der Waals surface area contributed by atoms with Crippen molar-refractivity contribution in [3.05, 3.63) is 66.6 Å². The number of pyridine rings is 2. The van der Waals surface area contributed by atoms with E-state index in [0.717, 1.165) is 48.5 Å². The van der Waals surface area contributed by atoms with Crippen molar-refractivity contribution in [1.29, 1.82) is 0 Å². The van der Waals surface area contributed by atoms with Crippen molar-refractivity contribution < 1.29 is 4.74 Å². The minimum absolute atomic E-state index is 0.341. The van der Waals surface area contributed by atoms with Crippen LogP contribution in [0.3, 0.4) is 0 Å². The van der Waals surface area contributed by atoms with Crippen LogP contribution in [0.4, 0.5) is 29.0 Å². The third-order valence-corrected chi connectivity index (χ3v) is 5.31. The molecule has 1 aliphatic heterocycles. The van der Waals surface area contributed by atoms with Crippen LogP contribution in [-0.4, -0.2) is 46.2 Å². The van der Waals surface area contributed by atoms with Gasteiger partial charge in [0.15, 0.2) is 17.5 Å². The molecule has 5 rings (SSSR count). The predicted molar refractivity (Wildman–Crippen MR) is 126 cm³/mol. The summed E-state index contributed by atoms with van der Waals surface area (Å²) < 4.78 is 5.40. The van der Waals surface area contributed by atoms with E-state index in [1.165, 1.54) is 0 Å². The number of rotatable bonds is 6. The monoisotopic (exact) mass is 428 g/mol. The smallest absolute Gasteiger partial charge is 0.171 e. The third kappa shape index (κ3) is 4.52. The van der Waals surface area contributed by atoms with E-state index >= 15 is 0 Å². The van der Waals surface area contributed by atoms with Crippen LogP contribution in [0.2, 0.25) is 0 Å². The Hall–Kier alpha value is -3.98. The molecule has 9 nitrogen and oxygen atoms in total. The number of nitrogens with zero attached hydrogens (tertiary/aromatic N) is 5. The molecular formula is C23H24N8O. The van der Waals surface area contributed by atoms with Gasteiger partial charge in [0.2, 0.25) is 0 Å². The zero-order chi connectivity index (χ0) is 21.8. The second kappa shape index (κ2) is 9.03. The maximum Gasteiger partial charge on any atom is 0.171 e. The van der Waals surface area contributed by atoms with Crippen molar-refractivity contribution in [3.8, 4) is 0 Å². The summed E-state index contributed by atoms with van der Waals surface area (Å²) in [6, 6.07) is 14.1. The summed E-state index contributed by atoms with van der Waals surface area (Å²) in [6.45, 7) is 3.81. The fourth-order valence-corrected chi connectivity index (χ4v) is 3.61. The van der Waals surface area contributed by atoms with Crippen LogP contribution in [0.25, 0.3) is 10.9 Å². The van der Waals surface area contributed by atoms with Gasteiger partial charge < -0.3 is 26.0 Å². The number of morpholine rings is 1. The number of nitrogens with two attached hydrogens (primary N) is 1. The predicted octanol–water partition coefficient (Wildman–Crippen LogP) is 3.19. The van der Waals surface area contributed by atoms with E-state index in [4.69, 9.17) is 10.5 Å². The summed E-state index contributed by atoms with van der Waals surface area (Å²) in [5, 5.41) is 7.56. The van der Waals surface area contributed by atoms with Crippen molar-refractivity contribution in [2.45, 2.75) is 6.54 Å². The van der Waals surface area contributed by atoms with Gasteiger partial charge in [0.25, 0.3) is 0 Å². The number of nitrogens with one attached hydrogen (secondary N) is 2. The number of nitrogen functional groups attached to an aromatic ring is 1. The molecule has 3 aromatic heterocycles. The molecule has 0 saturated carbocycles. The lowest BCUT2D eigenvalue weighted by atomic mass is 10.1. The van der Waals surface area contributed by atoms with Crippen LogP contribution < -0.4 is 21.3 Å². The minimum Gasteiger partial charge on any atom is -0.381 e. The Morgan fingerprint density at radius 2 is 1.88 bits per heavy atom. The van der Waals surface area contributed by atoms with Gasteiger partial charge in [-0.3, -0.25) is 4.98 Å². The van der Waals surface area contributed by atoms with Gasteiger partial charge >= 0.3 is 0 Å². The first-order valence-corrected chi connectivity index (χ1v) is 10.5. The van der Waals surface area contributed by atoms with Gasteiger partial charge in [0.1, 0.15) is 5.82 Å². The normalized spacial score (nSPS) is 13.8. The highest BCUT2D eigenvalue weighted by Crippen LogP contribution is 2.22. The van der Waals surface area contributed by atoms with Gasteiger partial charge in [-0.05, 0) is 35.9 Å². The molecule has 4 N–H and O–H groups in total. The topological polar surface area (TPSA) is 114 Å². The van der Waals surface area contributed by atoms with Crippen molar-refractivity contribution in [2.75, 3.05) is 47.6 Å². The van der Waals surface area contributed by atoms with Gasteiger partial charge in [-0.2, -0.15) is 0 Å². The SMILES string of the molecule is Nc1ncc(Nc2ccc(N3CCOCC3)cn2)nc1NCc1ccc2ncccc2c1. The van der Waals surface area contributed by atoms with Crippen LogP contribution in [-0.2, 0) is 11.3 Å². The van der Waals surface area contributed by atoms with E-state index in [9.17, 15) is 0 Å². The number of anilines is 5. The Kier molecular flexibility index (Phi) is 5.63. The van der Waals surface area contributed by atoms with Crippen molar-refractivity contribution in [2.24, 2.45) is 0 Å². The zero-order valence-electron chi connectivity index (χ0n) is 17.5. The van der Waals surface area contributed by atoms with Crippen molar-refractivity contribution in [1.82, 2.24) is 19.9 Å². The number of aromatic nitrogens is 4. The van der Waals surface area contributed by atoms with Crippen molar-refractivity contribution >= 4 is 39.9 Å². The molecule has 1 fully saturated rings. The maximum absolute atomic E-state index is 6.03. The summed E-state index contributed by atoms with van der Waals surface area (Å²) in [5.41, 5.74) is 9.18. The van der Waals surface area contributed by atoms with Crippen LogP contribution >= 0.6 is 0 Å². The molecule has 0 atom stereocenters. The summed E-state index contributed by atoms with van der Waals surface area (Å²) in [5.74, 6) is 2.12. The Bertz CT molecular complexity index is 1210. The molecule has 1 aliphatic rings. The lowest BCUT2D eigenvalue weighted by molar-refractivity contribution is 0.122. The zero-order valence-corrected chi connectivity index (χ0v) is 17.5. The molecule has 0 bridgehead atoms. The molecule has 9 heteroatoms. The second-order valence-electron chi connectivity index (χ2n) is 7.50. The lowest BCUT2D eigenvalue weighted by Crippen LogP contribution is -2.36. The first kappa shape index (κ1) is 20.0. The Labute approximate surface area is 185 Å². The van der Waals surface area contributed by atoms with Crippen LogP contribution in [0.1, 0.15) is 5.56 Å². The van der Waals surface area contributed by atoms with Gasteiger partial charge in [0, 0.05) is 31.2 Å². The van der Waals surface area contributed by atoms with E-state index in [2.05, 4.69) is 41.5 Å². The fourth-order valence-electron chi connectivity index (χ4n) is 3.61. The largest absolute Gasteiger partial charge is 0.381 e. The van der Waals surface area contributed by atoms with Gasteiger partial charge in [-0.15, -0.1) is 0 Å². The number of hydrogen-bond donors (Lipinski definition) is 3. The standard InChI is InChI=1S/C23H24N8O/c24-22-23(28-13-16-3-5-19-17(12-16)2-1-7-25-19)30-21(15-27-22)29-20-6-4-18(14-26-20)31-8-10-32-11-9-31/h1-7,12,14-15H,8-11,13H2,(H2,24,27)(H2,26,28,29,30). The Morgan fingerprint density at radius 1 is 0.969 bits per heavy atom. The molecule has 0 spiro atoms. The highest BCUT2D eigenvalue weighted by Gasteiger charge is 2.12. The van der Waals surface area contributed by atoms with Gasteiger partial charge in [-0.25, -0.2) is 15.0 Å². The average Bonchev–Trinajstić information content (AvgIpc) is 2.85. The molecule has 4 heterocycles. The molecule has 32 heavy (non-hydrogen) atoms. The Morgan fingerprint density at radius 3 is 2.72 bits per heavy atom. The first-order chi connectivity index (χ1) is 15.7. The number of benzene rings is 1. The van der Waals surface area contributed by atoms with Crippen LogP contribution in [0.5, 0.6) is 0 Å². The average molecular weight is 429 g/mol. The highest BCUT2D eigenvalue weighted by molar-refractivity contribution is 5.79. The minimum atomic E-state index is 0.341. The number of ether oxygens (including phenoxy) is 1.